The lowest BCUT2D eigenvalue weighted by molar-refractivity contribution is 0.0780. The van der Waals surface area contributed by atoms with Gasteiger partial charge in [-0.3, -0.25) is 9.78 Å². The van der Waals surface area contributed by atoms with Crippen molar-refractivity contribution in [2.45, 2.75) is 12.5 Å². The summed E-state index contributed by atoms with van der Waals surface area (Å²) in [5, 5.41) is 9.60. The molecule has 1 aromatic rings. The molecule has 17 heavy (non-hydrogen) atoms. The molecule has 1 unspecified atom stereocenters. The number of hydrogen-bond donors (Lipinski definition) is 1. The SMILES string of the molecule is CN(C)C1CCN(C(=O)c2ccncc2O)C1. The summed E-state index contributed by atoms with van der Waals surface area (Å²) < 4.78 is 0. The fourth-order valence-corrected chi connectivity index (χ4v) is 2.09. The Hall–Kier alpha value is -1.62. The number of nitrogens with zero attached hydrogens (tertiary/aromatic N) is 3. The lowest BCUT2D eigenvalue weighted by Gasteiger charge is -2.20. The van der Waals surface area contributed by atoms with Crippen molar-refractivity contribution in [3.63, 3.8) is 0 Å². The molecular weight excluding hydrogens is 218 g/mol. The molecule has 1 saturated heterocycles. The molecule has 0 aliphatic carbocycles. The molecule has 0 bridgehead atoms. The molecule has 2 heterocycles. The van der Waals surface area contributed by atoms with Crippen molar-refractivity contribution < 1.29 is 9.90 Å². The van der Waals surface area contributed by atoms with Gasteiger partial charge in [0.05, 0.1) is 11.8 Å². The molecule has 1 aliphatic rings. The normalized spacial score (nSPS) is 19.9. The number of rotatable bonds is 2. The molecule has 0 radical (unpaired) electrons. The number of hydrogen-bond acceptors (Lipinski definition) is 4. The van der Waals surface area contributed by atoms with E-state index in [2.05, 4.69) is 9.88 Å². The first-order chi connectivity index (χ1) is 8.09. The zero-order valence-electron chi connectivity index (χ0n) is 10.1. The van der Waals surface area contributed by atoms with Crippen LogP contribution in [0.3, 0.4) is 0 Å². The van der Waals surface area contributed by atoms with Crippen LogP contribution in [0.2, 0.25) is 0 Å². The van der Waals surface area contributed by atoms with Crippen LogP contribution in [0.4, 0.5) is 0 Å². The Morgan fingerprint density at radius 2 is 2.35 bits per heavy atom. The molecule has 1 amide bonds. The smallest absolute Gasteiger partial charge is 0.257 e. The van der Waals surface area contributed by atoms with Gasteiger partial charge in [0, 0.05) is 25.3 Å². The molecule has 0 saturated carbocycles. The Labute approximate surface area is 101 Å². The van der Waals surface area contributed by atoms with Gasteiger partial charge < -0.3 is 14.9 Å². The van der Waals surface area contributed by atoms with Gasteiger partial charge in [0.15, 0.2) is 0 Å². The zero-order valence-corrected chi connectivity index (χ0v) is 10.1. The van der Waals surface area contributed by atoms with Gasteiger partial charge in [-0.1, -0.05) is 0 Å². The monoisotopic (exact) mass is 235 g/mol. The second kappa shape index (κ2) is 4.71. The first kappa shape index (κ1) is 11.9. The van der Waals surface area contributed by atoms with Crippen molar-refractivity contribution in [2.75, 3.05) is 27.2 Å². The Morgan fingerprint density at radius 1 is 1.59 bits per heavy atom. The number of aromatic nitrogens is 1. The molecule has 1 aromatic heterocycles. The summed E-state index contributed by atoms with van der Waals surface area (Å²) in [5.41, 5.74) is 0.333. The Kier molecular flexibility index (Phi) is 3.28. The van der Waals surface area contributed by atoms with E-state index in [0.29, 0.717) is 18.2 Å². The summed E-state index contributed by atoms with van der Waals surface area (Å²) >= 11 is 0. The first-order valence-electron chi connectivity index (χ1n) is 5.68. The van der Waals surface area contributed by atoms with Gasteiger partial charge in [0.25, 0.3) is 5.91 Å². The number of pyridine rings is 1. The highest BCUT2D eigenvalue weighted by Crippen LogP contribution is 2.20. The van der Waals surface area contributed by atoms with Gasteiger partial charge in [0.1, 0.15) is 5.75 Å². The fraction of sp³-hybridized carbons (Fsp3) is 0.500. The van der Waals surface area contributed by atoms with Gasteiger partial charge in [-0.2, -0.15) is 0 Å². The number of likely N-dealkylation sites (N-methyl/N-ethyl adjacent to an activating group) is 1. The third kappa shape index (κ3) is 2.39. The van der Waals surface area contributed by atoms with E-state index >= 15 is 0 Å². The number of carbonyl (C=O) groups is 1. The zero-order chi connectivity index (χ0) is 12.4. The summed E-state index contributed by atoms with van der Waals surface area (Å²) in [7, 11) is 4.03. The number of aromatic hydroxyl groups is 1. The predicted molar refractivity (Wildman–Crippen MR) is 63.9 cm³/mol. The summed E-state index contributed by atoms with van der Waals surface area (Å²) in [6.07, 6.45) is 3.80. The summed E-state index contributed by atoms with van der Waals surface area (Å²) in [4.78, 5) is 19.8. The van der Waals surface area contributed by atoms with E-state index in [1.165, 1.54) is 12.4 Å². The maximum Gasteiger partial charge on any atom is 0.257 e. The highest BCUT2D eigenvalue weighted by molar-refractivity contribution is 5.96. The van der Waals surface area contributed by atoms with Crippen LogP contribution in [0.5, 0.6) is 5.75 Å². The number of carbonyl (C=O) groups excluding carboxylic acids is 1. The molecule has 1 N–H and O–H groups in total. The molecule has 92 valence electrons. The molecule has 1 aliphatic heterocycles. The van der Waals surface area contributed by atoms with Crippen LogP contribution in [-0.2, 0) is 0 Å². The van der Waals surface area contributed by atoms with Gasteiger partial charge in [-0.25, -0.2) is 0 Å². The highest BCUT2D eigenvalue weighted by atomic mass is 16.3. The van der Waals surface area contributed by atoms with E-state index in [9.17, 15) is 9.90 Å². The van der Waals surface area contributed by atoms with Crippen LogP contribution < -0.4 is 0 Å². The van der Waals surface area contributed by atoms with Crippen LogP contribution >= 0.6 is 0 Å². The maximum absolute atomic E-state index is 12.2. The molecule has 0 aromatic carbocycles. The van der Waals surface area contributed by atoms with Crippen LogP contribution in [0.1, 0.15) is 16.8 Å². The Bertz CT molecular complexity index is 420. The van der Waals surface area contributed by atoms with E-state index in [4.69, 9.17) is 0 Å². The lowest BCUT2D eigenvalue weighted by Crippen LogP contribution is -2.34. The van der Waals surface area contributed by atoms with Crippen molar-refractivity contribution >= 4 is 5.91 Å². The summed E-state index contributed by atoms with van der Waals surface area (Å²) in [6.45, 7) is 1.46. The van der Waals surface area contributed by atoms with Crippen LogP contribution in [0, 0.1) is 0 Å². The van der Waals surface area contributed by atoms with Crippen molar-refractivity contribution in [3.8, 4) is 5.75 Å². The van der Waals surface area contributed by atoms with Gasteiger partial charge in [0.2, 0.25) is 0 Å². The largest absolute Gasteiger partial charge is 0.505 e. The minimum absolute atomic E-state index is 0.0502. The second-order valence-corrected chi connectivity index (χ2v) is 4.55. The number of amides is 1. The molecular formula is C12H17N3O2. The minimum Gasteiger partial charge on any atom is -0.505 e. The minimum atomic E-state index is -0.116. The Morgan fingerprint density at radius 3 is 2.94 bits per heavy atom. The average molecular weight is 235 g/mol. The molecule has 0 spiro atoms. The highest BCUT2D eigenvalue weighted by Gasteiger charge is 2.29. The van der Waals surface area contributed by atoms with Crippen molar-refractivity contribution in [1.29, 1.82) is 0 Å². The molecule has 2 rings (SSSR count). The fourth-order valence-electron chi connectivity index (χ4n) is 2.09. The maximum atomic E-state index is 12.2. The summed E-state index contributed by atoms with van der Waals surface area (Å²) in [5.74, 6) is -0.167. The average Bonchev–Trinajstić information content (AvgIpc) is 2.78. The van der Waals surface area contributed by atoms with E-state index < -0.39 is 0 Å². The number of likely N-dealkylation sites (tertiary alicyclic amines) is 1. The van der Waals surface area contributed by atoms with Gasteiger partial charge >= 0.3 is 0 Å². The third-order valence-electron chi connectivity index (χ3n) is 3.21. The predicted octanol–water partition coefficient (Wildman–Crippen LogP) is 0.563. The quantitative estimate of drug-likeness (QED) is 0.814. The Balaban J connectivity index is 2.10. The van der Waals surface area contributed by atoms with Crippen LogP contribution in [0.25, 0.3) is 0 Å². The third-order valence-corrected chi connectivity index (χ3v) is 3.21. The van der Waals surface area contributed by atoms with E-state index in [-0.39, 0.29) is 11.7 Å². The van der Waals surface area contributed by atoms with Gasteiger partial charge in [-0.15, -0.1) is 0 Å². The standard InChI is InChI=1S/C12H17N3O2/c1-14(2)9-4-6-15(8-9)12(17)10-3-5-13-7-11(10)16/h3,5,7,9,16H,4,6,8H2,1-2H3. The van der Waals surface area contributed by atoms with Crippen LogP contribution in [-0.4, -0.2) is 59.0 Å². The first-order valence-corrected chi connectivity index (χ1v) is 5.68. The second-order valence-electron chi connectivity index (χ2n) is 4.55. The lowest BCUT2D eigenvalue weighted by atomic mass is 10.2. The van der Waals surface area contributed by atoms with E-state index in [0.717, 1.165) is 13.0 Å². The van der Waals surface area contributed by atoms with E-state index in [1.54, 1.807) is 11.0 Å². The van der Waals surface area contributed by atoms with Crippen LogP contribution in [0.15, 0.2) is 18.5 Å². The molecule has 1 fully saturated rings. The van der Waals surface area contributed by atoms with E-state index in [1.807, 2.05) is 14.1 Å². The van der Waals surface area contributed by atoms with Crippen molar-refractivity contribution in [2.24, 2.45) is 0 Å². The molecule has 5 heteroatoms. The molecule has 1 atom stereocenters. The van der Waals surface area contributed by atoms with Crippen molar-refractivity contribution in [3.05, 3.63) is 24.0 Å². The topological polar surface area (TPSA) is 56.7 Å². The van der Waals surface area contributed by atoms with Gasteiger partial charge in [-0.05, 0) is 26.6 Å². The molecule has 5 nitrogen and oxygen atoms in total. The summed E-state index contributed by atoms with van der Waals surface area (Å²) in [6, 6.07) is 1.96. The van der Waals surface area contributed by atoms with Crippen molar-refractivity contribution in [1.82, 2.24) is 14.8 Å².